The Morgan fingerprint density at radius 2 is 1.90 bits per heavy atom. The number of carbonyl (C=O) groups excluding carboxylic acids is 1. The molecule has 1 radical (unpaired) electrons. The van der Waals surface area contributed by atoms with E-state index in [1.165, 1.54) is 6.61 Å². The molecule has 0 aliphatic carbocycles. The van der Waals surface area contributed by atoms with E-state index in [1.807, 2.05) is 20.8 Å². The van der Waals surface area contributed by atoms with Crippen LogP contribution in [0, 0.1) is 6.61 Å². The SMILES string of the molecule is CCOc1ccc(C(=O)OO[CH]CC(C)(C)OC)cc1. The highest BCUT2D eigenvalue weighted by Gasteiger charge is 2.17. The van der Waals surface area contributed by atoms with Crippen molar-refractivity contribution in [1.29, 1.82) is 0 Å². The summed E-state index contributed by atoms with van der Waals surface area (Å²) in [5.41, 5.74) is 0.0406. The Bertz CT molecular complexity index is 411. The van der Waals surface area contributed by atoms with Gasteiger partial charge in [-0.05, 0) is 45.0 Å². The summed E-state index contributed by atoms with van der Waals surface area (Å²) in [6, 6.07) is 6.65. The monoisotopic (exact) mass is 281 g/mol. The van der Waals surface area contributed by atoms with E-state index in [-0.39, 0.29) is 5.60 Å². The summed E-state index contributed by atoms with van der Waals surface area (Å²) in [7, 11) is 1.61. The van der Waals surface area contributed by atoms with E-state index >= 15 is 0 Å². The maximum absolute atomic E-state index is 11.7. The molecule has 0 N–H and O–H groups in total. The van der Waals surface area contributed by atoms with Gasteiger partial charge < -0.3 is 9.47 Å². The topological polar surface area (TPSA) is 54.0 Å². The second-order valence-corrected chi connectivity index (χ2v) is 4.76. The molecule has 111 valence electrons. The second-order valence-electron chi connectivity index (χ2n) is 4.76. The van der Waals surface area contributed by atoms with Crippen molar-refractivity contribution in [3.8, 4) is 5.75 Å². The van der Waals surface area contributed by atoms with Crippen molar-refractivity contribution in [1.82, 2.24) is 0 Å². The highest BCUT2D eigenvalue weighted by molar-refractivity contribution is 5.89. The zero-order valence-electron chi connectivity index (χ0n) is 12.3. The molecule has 0 bridgehead atoms. The van der Waals surface area contributed by atoms with Crippen LogP contribution in [0.5, 0.6) is 5.75 Å². The highest BCUT2D eigenvalue weighted by atomic mass is 17.2. The summed E-state index contributed by atoms with van der Waals surface area (Å²) >= 11 is 0. The molecule has 0 aliphatic rings. The van der Waals surface area contributed by atoms with E-state index in [9.17, 15) is 4.79 Å². The standard InChI is InChI=1S/C15H21O5/c1-5-18-13-8-6-12(7-9-13)14(16)20-19-11-10-15(2,3)17-4/h6-9,11H,5,10H2,1-4H3. The largest absolute Gasteiger partial charge is 0.494 e. The van der Waals surface area contributed by atoms with E-state index in [0.717, 1.165) is 0 Å². The molecule has 0 atom stereocenters. The minimum Gasteiger partial charge on any atom is -0.494 e. The summed E-state index contributed by atoms with van der Waals surface area (Å²) in [6.07, 6.45) is 0.500. The van der Waals surface area contributed by atoms with Crippen LogP contribution >= 0.6 is 0 Å². The Balaban J connectivity index is 2.35. The predicted octanol–water partition coefficient (Wildman–Crippen LogP) is 3.15. The molecule has 0 amide bonds. The van der Waals surface area contributed by atoms with E-state index < -0.39 is 5.97 Å². The second kappa shape index (κ2) is 7.87. The van der Waals surface area contributed by atoms with Gasteiger partial charge in [-0.3, -0.25) is 4.89 Å². The highest BCUT2D eigenvalue weighted by Crippen LogP contribution is 2.16. The first-order valence-electron chi connectivity index (χ1n) is 6.46. The smallest absolute Gasteiger partial charge is 0.373 e. The Hall–Kier alpha value is -1.59. The van der Waals surface area contributed by atoms with Gasteiger partial charge in [-0.1, -0.05) is 0 Å². The molecule has 0 saturated carbocycles. The molecular weight excluding hydrogens is 260 g/mol. The molecule has 0 heterocycles. The van der Waals surface area contributed by atoms with Crippen LogP contribution in [0.4, 0.5) is 0 Å². The molecule has 1 rings (SSSR count). The molecule has 5 heteroatoms. The van der Waals surface area contributed by atoms with E-state index in [0.29, 0.717) is 24.3 Å². The Morgan fingerprint density at radius 1 is 1.25 bits per heavy atom. The van der Waals surface area contributed by atoms with Crippen LogP contribution in [-0.2, 0) is 14.5 Å². The van der Waals surface area contributed by atoms with Gasteiger partial charge in [0.2, 0.25) is 0 Å². The molecule has 0 aromatic heterocycles. The van der Waals surface area contributed by atoms with Crippen molar-refractivity contribution in [2.75, 3.05) is 13.7 Å². The maximum atomic E-state index is 11.7. The van der Waals surface area contributed by atoms with Crippen LogP contribution in [0.1, 0.15) is 37.6 Å². The molecule has 20 heavy (non-hydrogen) atoms. The lowest BCUT2D eigenvalue weighted by Crippen LogP contribution is -2.22. The lowest BCUT2D eigenvalue weighted by molar-refractivity contribution is -0.218. The number of rotatable bonds is 8. The zero-order chi connectivity index (χ0) is 15.0. The van der Waals surface area contributed by atoms with Gasteiger partial charge in [-0.25, -0.2) is 4.79 Å². The molecule has 0 aliphatic heterocycles. The number of methoxy groups -OCH3 is 1. The van der Waals surface area contributed by atoms with Crippen LogP contribution in [0.2, 0.25) is 0 Å². The average Bonchev–Trinajstić information content (AvgIpc) is 2.44. The molecule has 1 aromatic rings. The third kappa shape index (κ3) is 5.59. The zero-order valence-corrected chi connectivity index (χ0v) is 12.3. The van der Waals surface area contributed by atoms with Crippen molar-refractivity contribution in [2.45, 2.75) is 32.8 Å². The number of ether oxygens (including phenoxy) is 2. The van der Waals surface area contributed by atoms with Crippen molar-refractivity contribution in [3.63, 3.8) is 0 Å². The van der Waals surface area contributed by atoms with Crippen LogP contribution in [0.3, 0.4) is 0 Å². The van der Waals surface area contributed by atoms with Gasteiger partial charge >= 0.3 is 5.97 Å². The number of hydrogen-bond donors (Lipinski definition) is 0. The molecule has 0 spiro atoms. The van der Waals surface area contributed by atoms with E-state index in [4.69, 9.17) is 14.4 Å². The summed E-state index contributed by atoms with van der Waals surface area (Å²) in [5.74, 6) is 0.151. The molecule has 1 aromatic carbocycles. The van der Waals surface area contributed by atoms with Crippen molar-refractivity contribution in [3.05, 3.63) is 36.4 Å². The van der Waals surface area contributed by atoms with Crippen molar-refractivity contribution < 1.29 is 24.0 Å². The van der Waals surface area contributed by atoms with Gasteiger partial charge in [0.25, 0.3) is 0 Å². The van der Waals surface area contributed by atoms with Crippen LogP contribution in [0.25, 0.3) is 0 Å². The summed E-state index contributed by atoms with van der Waals surface area (Å²) in [5, 5.41) is 0. The first kappa shape index (κ1) is 16.5. The molecule has 0 saturated heterocycles. The first-order valence-corrected chi connectivity index (χ1v) is 6.46. The van der Waals surface area contributed by atoms with Crippen LogP contribution in [0.15, 0.2) is 24.3 Å². The third-order valence-electron chi connectivity index (χ3n) is 2.72. The maximum Gasteiger partial charge on any atom is 0.373 e. The molecule has 0 fully saturated rings. The minimum atomic E-state index is -0.556. The number of benzene rings is 1. The predicted molar refractivity (Wildman–Crippen MR) is 74.1 cm³/mol. The first-order chi connectivity index (χ1) is 9.48. The normalized spacial score (nSPS) is 11.2. The summed E-state index contributed by atoms with van der Waals surface area (Å²) in [6.45, 7) is 7.68. The third-order valence-corrected chi connectivity index (χ3v) is 2.72. The minimum absolute atomic E-state index is 0.356. The summed E-state index contributed by atoms with van der Waals surface area (Å²) < 4.78 is 10.5. The van der Waals surface area contributed by atoms with E-state index in [2.05, 4.69) is 4.89 Å². The van der Waals surface area contributed by atoms with Gasteiger partial charge in [-0.2, -0.15) is 4.89 Å². The fraction of sp³-hybridized carbons (Fsp3) is 0.467. The van der Waals surface area contributed by atoms with Gasteiger partial charge in [0, 0.05) is 13.5 Å². The number of hydrogen-bond acceptors (Lipinski definition) is 5. The van der Waals surface area contributed by atoms with Gasteiger partial charge in [0.1, 0.15) is 12.4 Å². The quantitative estimate of drug-likeness (QED) is 0.416. The molecular formula is C15H21O5. The van der Waals surface area contributed by atoms with Crippen molar-refractivity contribution >= 4 is 5.97 Å². The molecule has 0 unspecified atom stereocenters. The fourth-order valence-electron chi connectivity index (χ4n) is 1.30. The number of carbonyl (C=O) groups is 1. The van der Waals surface area contributed by atoms with E-state index in [1.54, 1.807) is 31.4 Å². The Morgan fingerprint density at radius 3 is 2.45 bits per heavy atom. The van der Waals surface area contributed by atoms with Crippen molar-refractivity contribution in [2.24, 2.45) is 0 Å². The fourth-order valence-corrected chi connectivity index (χ4v) is 1.30. The van der Waals surface area contributed by atoms with Gasteiger partial charge in [0.15, 0.2) is 0 Å². The summed E-state index contributed by atoms with van der Waals surface area (Å²) in [4.78, 5) is 21.1. The Kier molecular flexibility index (Phi) is 6.48. The van der Waals surface area contributed by atoms with Crippen LogP contribution < -0.4 is 4.74 Å². The average molecular weight is 281 g/mol. The van der Waals surface area contributed by atoms with Crippen LogP contribution in [-0.4, -0.2) is 25.3 Å². The Labute approximate surface area is 119 Å². The van der Waals surface area contributed by atoms with Gasteiger partial charge in [0.05, 0.1) is 17.8 Å². The lowest BCUT2D eigenvalue weighted by atomic mass is 10.1. The lowest BCUT2D eigenvalue weighted by Gasteiger charge is -2.21. The van der Waals surface area contributed by atoms with Gasteiger partial charge in [-0.15, -0.1) is 0 Å². The molecule has 5 nitrogen and oxygen atoms in total.